The monoisotopic (exact) mass is 279 g/mol. The van der Waals surface area contributed by atoms with E-state index in [4.69, 9.17) is 9.47 Å². The van der Waals surface area contributed by atoms with Gasteiger partial charge >= 0.3 is 0 Å². The Morgan fingerprint density at radius 1 is 1.25 bits per heavy atom. The molecule has 20 heavy (non-hydrogen) atoms. The molecule has 0 aliphatic carbocycles. The average Bonchev–Trinajstić information content (AvgIpc) is 2.41. The van der Waals surface area contributed by atoms with E-state index in [2.05, 4.69) is 45.1 Å². The summed E-state index contributed by atoms with van der Waals surface area (Å²) in [5, 5.41) is 3.56. The van der Waals surface area contributed by atoms with Gasteiger partial charge in [-0.25, -0.2) is 0 Å². The van der Waals surface area contributed by atoms with Gasteiger partial charge in [-0.3, -0.25) is 0 Å². The van der Waals surface area contributed by atoms with Crippen LogP contribution >= 0.6 is 0 Å². The molecule has 0 saturated heterocycles. The van der Waals surface area contributed by atoms with E-state index in [0.717, 1.165) is 31.7 Å². The van der Waals surface area contributed by atoms with Crippen LogP contribution in [-0.4, -0.2) is 31.9 Å². The summed E-state index contributed by atoms with van der Waals surface area (Å²) in [6.07, 6.45) is 2.08. The highest BCUT2D eigenvalue weighted by Crippen LogP contribution is 2.15. The van der Waals surface area contributed by atoms with Crippen LogP contribution in [0, 0.1) is 0 Å². The third-order valence-corrected chi connectivity index (χ3v) is 3.02. The second kappa shape index (κ2) is 8.28. The predicted molar refractivity (Wildman–Crippen MR) is 84.5 cm³/mol. The molecule has 1 unspecified atom stereocenters. The van der Waals surface area contributed by atoms with Gasteiger partial charge in [0.2, 0.25) is 0 Å². The Bertz CT molecular complexity index is 385. The molecule has 0 spiro atoms. The summed E-state index contributed by atoms with van der Waals surface area (Å²) in [7, 11) is 1.70. The number of nitrogens with one attached hydrogen (secondary N) is 1. The van der Waals surface area contributed by atoms with Crippen LogP contribution in [0.5, 0.6) is 5.75 Å². The van der Waals surface area contributed by atoms with E-state index < -0.39 is 0 Å². The average molecular weight is 279 g/mol. The molecule has 0 aromatic heterocycles. The van der Waals surface area contributed by atoms with Gasteiger partial charge in [-0.05, 0) is 57.9 Å². The van der Waals surface area contributed by atoms with Gasteiger partial charge in [0, 0.05) is 6.04 Å². The van der Waals surface area contributed by atoms with Crippen molar-refractivity contribution in [3.05, 3.63) is 29.8 Å². The summed E-state index contributed by atoms with van der Waals surface area (Å²) >= 11 is 0. The molecule has 0 amide bonds. The fourth-order valence-electron chi connectivity index (χ4n) is 1.97. The normalized spacial score (nSPS) is 13.2. The van der Waals surface area contributed by atoms with Crippen molar-refractivity contribution in [1.29, 1.82) is 0 Å². The lowest BCUT2D eigenvalue weighted by molar-refractivity contribution is -0.0143. The zero-order valence-electron chi connectivity index (χ0n) is 13.5. The standard InChI is InChI=1S/C17H29NO2/c1-6-10-18-15(13-20-17(2,3)4)11-14-8-7-9-16(12-14)19-5/h7-9,12,15,18H,6,10-11,13H2,1-5H3. The van der Waals surface area contributed by atoms with Crippen LogP contribution in [-0.2, 0) is 11.2 Å². The Labute approximate surface area is 123 Å². The third-order valence-electron chi connectivity index (χ3n) is 3.02. The van der Waals surface area contributed by atoms with Crippen LogP contribution in [0.15, 0.2) is 24.3 Å². The van der Waals surface area contributed by atoms with Crippen molar-refractivity contribution in [3.63, 3.8) is 0 Å². The maximum absolute atomic E-state index is 5.92. The molecule has 0 aliphatic heterocycles. The number of hydrogen-bond acceptors (Lipinski definition) is 3. The molecule has 0 radical (unpaired) electrons. The van der Waals surface area contributed by atoms with Gasteiger partial charge in [-0.2, -0.15) is 0 Å². The third kappa shape index (κ3) is 6.92. The van der Waals surface area contributed by atoms with Gasteiger partial charge in [0.25, 0.3) is 0 Å². The molecular weight excluding hydrogens is 250 g/mol. The summed E-state index contributed by atoms with van der Waals surface area (Å²) in [5.74, 6) is 0.911. The first-order chi connectivity index (χ1) is 9.44. The maximum Gasteiger partial charge on any atom is 0.119 e. The minimum Gasteiger partial charge on any atom is -0.497 e. The summed E-state index contributed by atoms with van der Waals surface area (Å²) in [6.45, 7) is 10.2. The Hall–Kier alpha value is -1.06. The number of rotatable bonds is 8. The van der Waals surface area contributed by atoms with E-state index in [-0.39, 0.29) is 5.60 Å². The van der Waals surface area contributed by atoms with Crippen LogP contribution in [0.4, 0.5) is 0 Å². The fraction of sp³-hybridized carbons (Fsp3) is 0.647. The molecule has 0 bridgehead atoms. The number of hydrogen-bond donors (Lipinski definition) is 1. The lowest BCUT2D eigenvalue weighted by Gasteiger charge is -2.25. The predicted octanol–water partition coefficient (Wildman–Crippen LogP) is 3.42. The summed E-state index contributed by atoms with van der Waals surface area (Å²) in [5.41, 5.74) is 1.18. The van der Waals surface area contributed by atoms with Crippen LogP contribution in [0.1, 0.15) is 39.7 Å². The molecule has 3 heteroatoms. The molecule has 114 valence electrons. The zero-order valence-corrected chi connectivity index (χ0v) is 13.5. The first kappa shape index (κ1) is 17.0. The molecule has 0 saturated carbocycles. The number of benzene rings is 1. The molecule has 0 heterocycles. The zero-order chi connectivity index (χ0) is 15.0. The van der Waals surface area contributed by atoms with Crippen molar-refractivity contribution in [2.24, 2.45) is 0 Å². The second-order valence-electron chi connectivity index (χ2n) is 6.13. The number of ether oxygens (including phenoxy) is 2. The van der Waals surface area contributed by atoms with Gasteiger partial charge < -0.3 is 14.8 Å². The highest BCUT2D eigenvalue weighted by molar-refractivity contribution is 5.28. The molecular formula is C17H29NO2. The van der Waals surface area contributed by atoms with E-state index in [1.165, 1.54) is 5.56 Å². The quantitative estimate of drug-likeness (QED) is 0.791. The minimum atomic E-state index is -0.0967. The summed E-state index contributed by atoms with van der Waals surface area (Å²) in [6, 6.07) is 8.58. The van der Waals surface area contributed by atoms with E-state index in [0.29, 0.717) is 6.04 Å². The topological polar surface area (TPSA) is 30.5 Å². The molecule has 3 nitrogen and oxygen atoms in total. The van der Waals surface area contributed by atoms with Crippen LogP contribution in [0.2, 0.25) is 0 Å². The molecule has 1 aromatic rings. The molecule has 1 rings (SSSR count). The summed E-state index contributed by atoms with van der Waals surface area (Å²) in [4.78, 5) is 0. The first-order valence-corrected chi connectivity index (χ1v) is 7.45. The first-order valence-electron chi connectivity index (χ1n) is 7.45. The molecule has 0 fully saturated rings. The van der Waals surface area contributed by atoms with E-state index in [9.17, 15) is 0 Å². The van der Waals surface area contributed by atoms with E-state index >= 15 is 0 Å². The molecule has 1 N–H and O–H groups in total. The minimum absolute atomic E-state index is 0.0967. The van der Waals surface area contributed by atoms with Gasteiger partial charge in [0.15, 0.2) is 0 Å². The van der Waals surface area contributed by atoms with E-state index in [1.54, 1.807) is 7.11 Å². The van der Waals surface area contributed by atoms with Crippen molar-refractivity contribution < 1.29 is 9.47 Å². The second-order valence-corrected chi connectivity index (χ2v) is 6.13. The number of methoxy groups -OCH3 is 1. The van der Waals surface area contributed by atoms with Crippen LogP contribution in [0.25, 0.3) is 0 Å². The smallest absolute Gasteiger partial charge is 0.119 e. The lowest BCUT2D eigenvalue weighted by atomic mass is 10.1. The molecule has 0 aliphatic rings. The van der Waals surface area contributed by atoms with Crippen molar-refractivity contribution >= 4 is 0 Å². The van der Waals surface area contributed by atoms with Crippen molar-refractivity contribution in [2.45, 2.75) is 52.2 Å². The van der Waals surface area contributed by atoms with Gasteiger partial charge in [-0.1, -0.05) is 19.1 Å². The van der Waals surface area contributed by atoms with Crippen molar-refractivity contribution in [3.8, 4) is 5.75 Å². The van der Waals surface area contributed by atoms with Crippen molar-refractivity contribution in [1.82, 2.24) is 5.32 Å². The Morgan fingerprint density at radius 3 is 2.60 bits per heavy atom. The lowest BCUT2D eigenvalue weighted by Crippen LogP contribution is -2.38. The van der Waals surface area contributed by atoms with Gasteiger partial charge in [0.05, 0.1) is 19.3 Å². The Morgan fingerprint density at radius 2 is 2.00 bits per heavy atom. The highest BCUT2D eigenvalue weighted by atomic mass is 16.5. The van der Waals surface area contributed by atoms with E-state index in [1.807, 2.05) is 12.1 Å². The largest absolute Gasteiger partial charge is 0.497 e. The Kier molecular flexibility index (Phi) is 7.03. The Balaban J connectivity index is 2.62. The van der Waals surface area contributed by atoms with Gasteiger partial charge in [-0.15, -0.1) is 0 Å². The molecule has 1 atom stereocenters. The fourth-order valence-corrected chi connectivity index (χ4v) is 1.97. The van der Waals surface area contributed by atoms with Gasteiger partial charge in [0.1, 0.15) is 5.75 Å². The van der Waals surface area contributed by atoms with Crippen LogP contribution < -0.4 is 10.1 Å². The van der Waals surface area contributed by atoms with Crippen molar-refractivity contribution in [2.75, 3.05) is 20.3 Å². The highest BCUT2D eigenvalue weighted by Gasteiger charge is 2.15. The maximum atomic E-state index is 5.92. The molecule has 1 aromatic carbocycles. The summed E-state index contributed by atoms with van der Waals surface area (Å²) < 4.78 is 11.2. The SMILES string of the molecule is CCCNC(COC(C)(C)C)Cc1cccc(OC)c1. The van der Waals surface area contributed by atoms with Crippen LogP contribution in [0.3, 0.4) is 0 Å².